The van der Waals surface area contributed by atoms with Crippen LogP contribution in [0.25, 0.3) is 1.43 Å². The van der Waals surface area contributed by atoms with E-state index in [9.17, 15) is 4.79 Å². The smallest absolute Gasteiger partial charge is 0.335 e. The molecule has 78 valence electrons. The number of hydrogen-bond donors (Lipinski definition) is 1. The zero-order chi connectivity index (χ0) is 15.7. The van der Waals surface area contributed by atoms with Crippen LogP contribution < -0.4 is 4.74 Å². The molecule has 0 spiro atoms. The van der Waals surface area contributed by atoms with E-state index in [1.807, 2.05) is 0 Å². The van der Waals surface area contributed by atoms with E-state index in [-0.39, 0.29) is 0 Å². The molecule has 1 aromatic carbocycles. The Morgan fingerprint density at radius 2 is 2.53 bits per heavy atom. The second-order valence-corrected chi connectivity index (χ2v) is 2.86. The molecule has 4 nitrogen and oxygen atoms in total. The van der Waals surface area contributed by atoms with E-state index < -0.39 is 47.1 Å². The van der Waals surface area contributed by atoms with Crippen molar-refractivity contribution in [2.45, 2.75) is 19.9 Å². The monoisotopic (exact) mass is 210 g/mol. The average Bonchev–Trinajstić information content (AvgIpc) is 2.34. The molecular formula is C11H11NO3. The average molecular weight is 210 g/mol. The van der Waals surface area contributed by atoms with E-state index in [0.29, 0.717) is 0 Å². The Morgan fingerprint density at radius 1 is 1.80 bits per heavy atom. The first-order valence-electron chi connectivity index (χ1n) is 6.45. The van der Waals surface area contributed by atoms with Crippen molar-refractivity contribution in [1.82, 2.24) is 0 Å². The minimum atomic E-state index is -1.49. The minimum absolute atomic E-state index is 0.413. The van der Waals surface area contributed by atoms with Crippen LogP contribution in [0.15, 0.2) is 18.1 Å². The molecule has 0 aliphatic rings. The highest BCUT2D eigenvalue weighted by molar-refractivity contribution is 5.88. The van der Waals surface area contributed by atoms with Gasteiger partial charge in [-0.25, -0.2) is 4.79 Å². The van der Waals surface area contributed by atoms with Crippen LogP contribution >= 0.6 is 0 Å². The highest BCUT2D eigenvalue weighted by Gasteiger charge is 2.09. The predicted molar refractivity (Wildman–Crippen MR) is 53.9 cm³/mol. The number of benzene rings is 1. The van der Waals surface area contributed by atoms with E-state index in [0.717, 1.165) is 0 Å². The van der Waals surface area contributed by atoms with Gasteiger partial charge in [-0.3, -0.25) is 0 Å². The lowest BCUT2D eigenvalue weighted by molar-refractivity contribution is 0.0697. The van der Waals surface area contributed by atoms with Gasteiger partial charge in [0.25, 0.3) is 1.43 Å². The maximum Gasteiger partial charge on any atom is 0.335 e. The lowest BCUT2D eigenvalue weighted by Crippen LogP contribution is -2.07. The molecule has 0 fully saturated rings. The molecule has 0 aliphatic heterocycles. The molecule has 0 radical (unpaired) electrons. The maximum absolute atomic E-state index is 11.4. The molecule has 0 atom stereocenters. The van der Waals surface area contributed by atoms with Gasteiger partial charge < -0.3 is 9.85 Å². The summed E-state index contributed by atoms with van der Waals surface area (Å²) in [4.78, 5) is 11.4. The van der Waals surface area contributed by atoms with Crippen LogP contribution in [-0.2, 0) is 0 Å². The lowest BCUT2D eigenvalue weighted by Gasteiger charge is -2.11. The van der Waals surface area contributed by atoms with Crippen LogP contribution in [-0.4, -0.2) is 17.2 Å². The molecule has 1 rings (SSSR count). The van der Waals surface area contributed by atoms with Crippen LogP contribution in [0.2, 0.25) is 0 Å². The van der Waals surface area contributed by atoms with Crippen LogP contribution in [0, 0.1) is 11.3 Å². The van der Waals surface area contributed by atoms with Gasteiger partial charge in [-0.2, -0.15) is 5.26 Å². The molecule has 0 saturated carbocycles. The molecule has 0 heterocycles. The third-order valence-corrected chi connectivity index (χ3v) is 1.40. The highest BCUT2D eigenvalue weighted by Crippen LogP contribution is 2.20. The summed E-state index contributed by atoms with van der Waals surface area (Å²) in [5.41, 5.74) is -1.11. The largest absolute Gasteiger partial charge is 0.490 e. The fourth-order valence-corrected chi connectivity index (χ4v) is 0.856. The summed E-state index contributed by atoms with van der Waals surface area (Å²) in [6.45, 7) is 2.71. The Balaban J connectivity index is 3.66. The van der Waals surface area contributed by atoms with Crippen LogP contribution in [0.5, 0.6) is 5.75 Å². The summed E-state index contributed by atoms with van der Waals surface area (Å²) in [5.74, 6) is -1.72. The van der Waals surface area contributed by atoms with Crippen molar-refractivity contribution in [3.05, 3.63) is 29.3 Å². The fraction of sp³-hybridized carbons (Fsp3) is 0.273. The number of carboxylic acids is 1. The van der Waals surface area contributed by atoms with Gasteiger partial charge in [0.05, 0.1) is 22.7 Å². The Kier molecular flexibility index (Phi) is 1.72. The molecule has 1 aromatic rings. The van der Waals surface area contributed by atoms with Crippen molar-refractivity contribution < 1.29 is 20.1 Å². The number of aromatic carboxylic acids is 1. The summed E-state index contributed by atoms with van der Waals surface area (Å²) in [6, 6.07) is -0.358. The third-order valence-electron chi connectivity index (χ3n) is 1.40. The summed E-state index contributed by atoms with van der Waals surface area (Å²) in [6.07, 6.45) is -1.49. The maximum atomic E-state index is 11.4. The van der Waals surface area contributed by atoms with Crippen molar-refractivity contribution in [2.24, 2.45) is 0 Å². The van der Waals surface area contributed by atoms with Crippen molar-refractivity contribution in [2.75, 3.05) is 0 Å². The summed E-state index contributed by atoms with van der Waals surface area (Å²) < 4.78 is 42.3. The van der Waals surface area contributed by atoms with E-state index in [4.69, 9.17) is 16.9 Å². The van der Waals surface area contributed by atoms with Gasteiger partial charge in [0.1, 0.15) is 11.8 Å². The van der Waals surface area contributed by atoms with Crippen molar-refractivity contribution in [1.29, 1.82) is 6.69 Å². The van der Waals surface area contributed by atoms with Gasteiger partial charge in [-0.05, 0) is 32.0 Å². The molecule has 1 N–H and O–H groups in total. The van der Waals surface area contributed by atoms with Crippen LogP contribution in [0.4, 0.5) is 0 Å². The van der Waals surface area contributed by atoms with Gasteiger partial charge in [-0.1, -0.05) is 0 Å². The summed E-state index contributed by atoms with van der Waals surface area (Å²) >= 11 is 0. The van der Waals surface area contributed by atoms with E-state index in [1.165, 1.54) is 13.8 Å². The Bertz CT molecular complexity index is 604. The van der Waals surface area contributed by atoms with Gasteiger partial charge in [0, 0.05) is 0 Å². The first kappa shape index (κ1) is 5.76. The topological polar surface area (TPSA) is 70.3 Å². The van der Waals surface area contributed by atoms with Gasteiger partial charge >= 0.3 is 5.97 Å². The van der Waals surface area contributed by atoms with E-state index in [1.54, 1.807) is 6.07 Å². The molecule has 0 amide bonds. The SMILES string of the molecule is [2H]OC(=O)c1c([2H])c([2H])c(OC([2H])(C)C)c(C#N)c1[2H]. The lowest BCUT2D eigenvalue weighted by atomic mass is 10.1. The number of carbonyl (C=O) groups is 1. The fourth-order valence-electron chi connectivity index (χ4n) is 0.856. The molecule has 0 bridgehead atoms. The van der Waals surface area contributed by atoms with E-state index in [2.05, 4.69) is 5.11 Å². The predicted octanol–water partition coefficient (Wildman–Crippen LogP) is 2.04. The van der Waals surface area contributed by atoms with Gasteiger partial charge in [0.15, 0.2) is 0 Å². The molecule has 4 heteroatoms. The number of nitriles is 1. The third kappa shape index (κ3) is 2.71. The van der Waals surface area contributed by atoms with Crippen molar-refractivity contribution in [3.8, 4) is 11.8 Å². The minimum Gasteiger partial charge on any atom is -0.490 e. The van der Waals surface area contributed by atoms with Crippen molar-refractivity contribution >= 4 is 5.97 Å². The van der Waals surface area contributed by atoms with E-state index >= 15 is 0 Å². The highest BCUT2D eigenvalue weighted by atomic mass is 16.5. The molecule has 0 unspecified atom stereocenters. The standard InChI is InChI=1S/C11H11NO3/c1-7(2)15-10-4-3-8(11(13)14)5-9(10)6-12/h3-5,7H,1-2H3,(H,13,14)/i3D,4D,5D,7D/hD. The normalized spacial score (nSPS) is 14.9. The molecule has 0 aliphatic carbocycles. The quantitative estimate of drug-likeness (QED) is 0.828. The zero-order valence-corrected chi connectivity index (χ0v) is 8.17. The van der Waals surface area contributed by atoms with Crippen molar-refractivity contribution in [3.63, 3.8) is 0 Å². The van der Waals surface area contributed by atoms with Crippen LogP contribution in [0.1, 0.15) is 35.3 Å². The number of nitrogens with zero attached hydrogens (tertiary/aromatic N) is 1. The first-order chi connectivity index (χ1) is 9.14. The van der Waals surface area contributed by atoms with Gasteiger partial charge in [0.2, 0.25) is 0 Å². The number of ether oxygens (including phenoxy) is 1. The molecule has 15 heavy (non-hydrogen) atoms. The Morgan fingerprint density at radius 3 is 3.07 bits per heavy atom. The molecule has 0 saturated heterocycles. The number of hydrogen-bond acceptors (Lipinski definition) is 4. The summed E-state index contributed by atoms with van der Waals surface area (Å²) in [5, 5.41) is 12.7. The van der Waals surface area contributed by atoms with Crippen LogP contribution in [0.3, 0.4) is 0 Å². The second-order valence-electron chi connectivity index (χ2n) is 2.86. The second kappa shape index (κ2) is 4.47. The summed E-state index contributed by atoms with van der Waals surface area (Å²) in [7, 11) is 0. The Labute approximate surface area is 94.8 Å². The number of rotatable bonds is 3. The zero-order valence-electron chi connectivity index (χ0n) is 13.2. The molecular weight excluding hydrogens is 194 g/mol. The number of carboxylic acid groups (broad SMARTS) is 1. The van der Waals surface area contributed by atoms with Gasteiger partial charge in [-0.15, -0.1) is 0 Å². The first-order valence-corrected chi connectivity index (χ1v) is 4.04. The Hall–Kier alpha value is -2.02. The molecule has 0 aromatic heterocycles.